The van der Waals surface area contributed by atoms with Crippen molar-refractivity contribution in [2.45, 2.75) is 83.6 Å². The van der Waals surface area contributed by atoms with Gasteiger partial charge in [0.2, 0.25) is 17.8 Å². The first-order chi connectivity index (χ1) is 15.7. The minimum Gasteiger partial charge on any atom is -0.352 e. The van der Waals surface area contributed by atoms with E-state index in [0.29, 0.717) is 24.9 Å². The highest BCUT2D eigenvalue weighted by molar-refractivity contribution is 5.76. The van der Waals surface area contributed by atoms with E-state index in [1.807, 2.05) is 19.9 Å². The van der Waals surface area contributed by atoms with Gasteiger partial charge >= 0.3 is 0 Å². The summed E-state index contributed by atoms with van der Waals surface area (Å²) in [6.07, 6.45) is 4.62. The normalized spacial score (nSPS) is 19.5. The third kappa shape index (κ3) is 7.94. The molecule has 0 aromatic carbocycles. The number of carbonyl (C=O) groups excluding carboxylic acids is 1. The lowest BCUT2D eigenvalue weighted by Crippen LogP contribution is -2.38. The Hall–Kier alpha value is -2.23. The van der Waals surface area contributed by atoms with Crippen molar-refractivity contribution in [3.05, 3.63) is 29.7 Å². The zero-order valence-corrected chi connectivity index (χ0v) is 19.6. The third-order valence-electron chi connectivity index (χ3n) is 5.90. The lowest BCUT2D eigenvalue weighted by atomic mass is 9.79. The van der Waals surface area contributed by atoms with Gasteiger partial charge in [0.15, 0.2) is 5.65 Å². The quantitative estimate of drug-likeness (QED) is 0.593. The van der Waals surface area contributed by atoms with Crippen molar-refractivity contribution in [3.63, 3.8) is 0 Å². The third-order valence-corrected chi connectivity index (χ3v) is 5.90. The van der Waals surface area contributed by atoms with Gasteiger partial charge in [-0.15, -0.1) is 0 Å². The fraction of sp³-hybridized carbons (Fsp3) is 0.696. The van der Waals surface area contributed by atoms with Crippen LogP contribution in [0.5, 0.6) is 0 Å². The molecule has 0 saturated heterocycles. The molecule has 3 N–H and O–H groups in total. The van der Waals surface area contributed by atoms with E-state index in [2.05, 4.69) is 21.1 Å². The molecule has 4 rings (SSSR count). The summed E-state index contributed by atoms with van der Waals surface area (Å²) in [5, 5.41) is 7.03. The molecule has 2 heterocycles. The average Bonchev–Trinajstić information content (AvgIpc) is 3.17. The Bertz CT molecular complexity index is 884. The zero-order valence-electron chi connectivity index (χ0n) is 19.6. The lowest BCUT2D eigenvalue weighted by Gasteiger charge is -2.34. The summed E-state index contributed by atoms with van der Waals surface area (Å²) in [4.78, 5) is 16.4. The second kappa shape index (κ2) is 11.8. The number of imidazole rings is 1. The van der Waals surface area contributed by atoms with E-state index in [9.17, 15) is 22.4 Å². The van der Waals surface area contributed by atoms with Crippen molar-refractivity contribution >= 4 is 11.6 Å². The zero-order chi connectivity index (χ0) is 24.6. The van der Waals surface area contributed by atoms with Crippen molar-refractivity contribution in [3.8, 4) is 0 Å². The highest BCUT2D eigenvalue weighted by Gasteiger charge is 2.45. The number of hydrogen-bond acceptors (Lipinski definition) is 4. The Labute approximate surface area is 192 Å². The Morgan fingerprint density at radius 1 is 1.12 bits per heavy atom. The Kier molecular flexibility index (Phi) is 9.63. The van der Waals surface area contributed by atoms with Crippen LogP contribution in [0.2, 0.25) is 0 Å². The van der Waals surface area contributed by atoms with Gasteiger partial charge in [0.05, 0.1) is 18.1 Å². The first-order valence-electron chi connectivity index (χ1n) is 11.6. The molecular formula is C23H35F4N5O. The van der Waals surface area contributed by atoms with Crippen LogP contribution in [0.4, 0.5) is 17.6 Å². The minimum absolute atomic E-state index is 0.0639. The molecule has 1 amide bonds. The number of nitrogens with one attached hydrogen (secondary N) is 1. The van der Waals surface area contributed by atoms with Crippen molar-refractivity contribution in [2.75, 3.05) is 7.05 Å². The van der Waals surface area contributed by atoms with Gasteiger partial charge in [0, 0.05) is 38.6 Å². The summed E-state index contributed by atoms with van der Waals surface area (Å²) in [6, 6.07) is 1.81. The molecule has 2 aromatic rings. The minimum atomic E-state index is -2.61. The summed E-state index contributed by atoms with van der Waals surface area (Å²) in [5.74, 6) is -5.44. The van der Waals surface area contributed by atoms with E-state index in [-0.39, 0.29) is 56.4 Å². The maximum absolute atomic E-state index is 13.3. The maximum atomic E-state index is 13.3. The van der Waals surface area contributed by atoms with Gasteiger partial charge < -0.3 is 11.1 Å². The number of halogens is 4. The van der Waals surface area contributed by atoms with Gasteiger partial charge in [0.1, 0.15) is 0 Å². The van der Waals surface area contributed by atoms with Crippen molar-refractivity contribution in [2.24, 2.45) is 17.6 Å². The second-order valence-electron chi connectivity index (χ2n) is 8.51. The number of nitrogens with zero attached hydrogens (tertiary/aromatic N) is 3. The number of aromatic nitrogens is 3. The molecule has 2 aliphatic rings. The van der Waals surface area contributed by atoms with Gasteiger partial charge in [-0.05, 0) is 49.8 Å². The molecular weight excluding hydrogens is 438 g/mol. The van der Waals surface area contributed by atoms with Gasteiger partial charge in [-0.3, -0.25) is 4.79 Å². The van der Waals surface area contributed by atoms with Gasteiger partial charge in [-0.1, -0.05) is 13.8 Å². The van der Waals surface area contributed by atoms with Crippen LogP contribution in [0.15, 0.2) is 18.5 Å². The van der Waals surface area contributed by atoms with Crippen LogP contribution in [-0.4, -0.2) is 39.4 Å². The van der Waals surface area contributed by atoms with Crippen LogP contribution < -0.4 is 11.1 Å². The van der Waals surface area contributed by atoms with Crippen LogP contribution in [0.25, 0.3) is 5.65 Å². The summed E-state index contributed by atoms with van der Waals surface area (Å²) < 4.78 is 53.9. The molecule has 0 radical (unpaired) electrons. The smallest absolute Gasteiger partial charge is 0.248 e. The van der Waals surface area contributed by atoms with Crippen LogP contribution in [-0.2, 0) is 17.8 Å². The molecule has 0 unspecified atom stereocenters. The van der Waals surface area contributed by atoms with E-state index in [0.717, 1.165) is 11.3 Å². The van der Waals surface area contributed by atoms with Crippen LogP contribution in [0.1, 0.15) is 70.1 Å². The monoisotopic (exact) mass is 473 g/mol. The SMILES string of the molecule is CC.CN.O=C(CC1CC(F)(F)C1)NCc1cnn2cc(CC3CCC(F)(F)CC3)nc2c1. The molecule has 6 nitrogen and oxygen atoms in total. The van der Waals surface area contributed by atoms with Crippen LogP contribution in [0, 0.1) is 11.8 Å². The summed E-state index contributed by atoms with van der Waals surface area (Å²) in [5.41, 5.74) is 6.71. The number of fused-ring (bicyclic) bond motifs is 1. The molecule has 10 heteroatoms. The Balaban J connectivity index is 0.000000914. The fourth-order valence-corrected chi connectivity index (χ4v) is 4.22. The first kappa shape index (κ1) is 27.0. The highest BCUT2D eigenvalue weighted by Crippen LogP contribution is 2.44. The van der Waals surface area contributed by atoms with Gasteiger partial charge in [-0.2, -0.15) is 5.10 Å². The van der Waals surface area contributed by atoms with Crippen molar-refractivity contribution in [1.82, 2.24) is 19.9 Å². The predicted molar refractivity (Wildman–Crippen MR) is 119 cm³/mol. The number of rotatable bonds is 6. The van der Waals surface area contributed by atoms with Crippen LogP contribution in [0.3, 0.4) is 0 Å². The topological polar surface area (TPSA) is 85.3 Å². The number of carbonyl (C=O) groups is 1. The summed E-state index contributed by atoms with van der Waals surface area (Å²) in [6.45, 7) is 4.26. The van der Waals surface area contributed by atoms with E-state index < -0.39 is 11.8 Å². The summed E-state index contributed by atoms with van der Waals surface area (Å²) in [7, 11) is 1.50. The van der Waals surface area contributed by atoms with Gasteiger partial charge in [0.25, 0.3) is 0 Å². The lowest BCUT2D eigenvalue weighted by molar-refractivity contribution is -0.133. The fourth-order valence-electron chi connectivity index (χ4n) is 4.22. The number of hydrogen-bond donors (Lipinski definition) is 2. The molecule has 2 fully saturated rings. The number of alkyl halides is 4. The summed E-state index contributed by atoms with van der Waals surface area (Å²) >= 11 is 0. The van der Waals surface area contributed by atoms with Crippen molar-refractivity contribution < 1.29 is 22.4 Å². The van der Waals surface area contributed by atoms with E-state index in [4.69, 9.17) is 0 Å². The maximum Gasteiger partial charge on any atom is 0.248 e. The van der Waals surface area contributed by atoms with Crippen molar-refractivity contribution in [1.29, 1.82) is 0 Å². The van der Waals surface area contributed by atoms with E-state index in [1.54, 1.807) is 16.9 Å². The second-order valence-corrected chi connectivity index (χ2v) is 8.51. The molecule has 2 aromatic heterocycles. The molecule has 33 heavy (non-hydrogen) atoms. The van der Waals surface area contributed by atoms with Crippen LogP contribution >= 0.6 is 0 Å². The highest BCUT2D eigenvalue weighted by atomic mass is 19.3. The molecule has 0 spiro atoms. The average molecular weight is 474 g/mol. The number of nitrogens with two attached hydrogens (primary N) is 1. The molecule has 2 aliphatic carbocycles. The standard InChI is InChI=1S/C20H24F4N4O.C2H6.CH5N/c21-19(22)3-1-13(2-4-19)5-16-12-28-17(27-16)6-15(11-26-28)10-25-18(29)7-14-8-20(23,24)9-14;2*1-2/h6,11-14H,1-5,7-10H2,(H,25,29);1-2H3;2H2,1H3. The van der Waals surface area contributed by atoms with Gasteiger partial charge in [-0.25, -0.2) is 27.1 Å². The van der Waals surface area contributed by atoms with E-state index in [1.165, 1.54) is 7.05 Å². The number of amides is 1. The first-order valence-corrected chi connectivity index (χ1v) is 11.6. The molecule has 0 atom stereocenters. The molecule has 186 valence electrons. The Morgan fingerprint density at radius 2 is 1.76 bits per heavy atom. The molecule has 0 bridgehead atoms. The largest absolute Gasteiger partial charge is 0.352 e. The predicted octanol–water partition coefficient (Wildman–Crippen LogP) is 4.75. The molecule has 0 aliphatic heterocycles. The molecule has 2 saturated carbocycles. The van der Waals surface area contributed by atoms with E-state index >= 15 is 0 Å². The Morgan fingerprint density at radius 3 is 2.36 bits per heavy atom.